The van der Waals surface area contributed by atoms with Crippen molar-refractivity contribution in [2.45, 2.75) is 46.1 Å². The molecule has 1 aromatic carbocycles. The van der Waals surface area contributed by atoms with Gasteiger partial charge in [-0.25, -0.2) is 0 Å². The Morgan fingerprint density at radius 1 is 1.42 bits per heavy atom. The van der Waals surface area contributed by atoms with E-state index in [1.54, 1.807) is 0 Å². The Morgan fingerprint density at radius 3 is 2.74 bits per heavy atom. The molecule has 2 rings (SSSR count). The molecule has 0 aliphatic carbocycles. The van der Waals surface area contributed by atoms with Crippen LogP contribution in [-0.2, 0) is 0 Å². The van der Waals surface area contributed by atoms with Gasteiger partial charge >= 0.3 is 0 Å². The predicted molar refractivity (Wildman–Crippen MR) is 79.7 cm³/mol. The number of amides is 1. The molecule has 0 atom stereocenters. The third-order valence-electron chi connectivity index (χ3n) is 3.92. The monoisotopic (exact) mass is 260 g/mol. The summed E-state index contributed by atoms with van der Waals surface area (Å²) in [6.45, 7) is 10.1. The summed E-state index contributed by atoms with van der Waals surface area (Å²) in [6, 6.07) is 6.01. The van der Waals surface area contributed by atoms with E-state index in [4.69, 9.17) is 0 Å². The molecule has 0 spiro atoms. The van der Waals surface area contributed by atoms with Crippen LogP contribution in [0.1, 0.15) is 49.5 Å². The van der Waals surface area contributed by atoms with Crippen molar-refractivity contribution in [3.63, 3.8) is 0 Å². The highest BCUT2D eigenvalue weighted by molar-refractivity contribution is 6.00. The van der Waals surface area contributed by atoms with Crippen molar-refractivity contribution in [2.75, 3.05) is 18.4 Å². The van der Waals surface area contributed by atoms with E-state index in [2.05, 4.69) is 39.1 Å². The number of nitrogens with one attached hydrogen (secondary N) is 1. The molecule has 19 heavy (non-hydrogen) atoms. The standard InChI is InChI=1S/C16H24N2O/c1-5-17-14-11-12(2)7-8-13(14)15(19)18-10-6-9-16(18,3)4/h7-8,11,17H,5-6,9-10H2,1-4H3. The smallest absolute Gasteiger partial charge is 0.256 e. The highest BCUT2D eigenvalue weighted by atomic mass is 16.2. The van der Waals surface area contributed by atoms with E-state index in [1.807, 2.05) is 17.0 Å². The number of benzene rings is 1. The SMILES string of the molecule is CCNc1cc(C)ccc1C(=O)N1CCCC1(C)C. The van der Waals surface area contributed by atoms with Gasteiger partial charge in [-0.2, -0.15) is 0 Å². The van der Waals surface area contributed by atoms with Crippen LogP contribution >= 0.6 is 0 Å². The highest BCUT2D eigenvalue weighted by Gasteiger charge is 2.36. The predicted octanol–water partition coefficient (Wildman–Crippen LogP) is 3.44. The largest absolute Gasteiger partial charge is 0.385 e. The fraction of sp³-hybridized carbons (Fsp3) is 0.562. The molecule has 0 aromatic heterocycles. The van der Waals surface area contributed by atoms with Crippen LogP contribution in [0, 0.1) is 6.92 Å². The van der Waals surface area contributed by atoms with E-state index in [0.717, 1.165) is 37.2 Å². The van der Waals surface area contributed by atoms with Gasteiger partial charge in [0.05, 0.1) is 5.56 Å². The Balaban J connectivity index is 2.33. The van der Waals surface area contributed by atoms with Crippen molar-refractivity contribution in [3.05, 3.63) is 29.3 Å². The van der Waals surface area contributed by atoms with E-state index in [9.17, 15) is 4.79 Å². The van der Waals surface area contributed by atoms with Gasteiger partial charge in [0, 0.05) is 24.3 Å². The maximum atomic E-state index is 12.8. The summed E-state index contributed by atoms with van der Waals surface area (Å²) in [6.07, 6.45) is 2.18. The maximum Gasteiger partial charge on any atom is 0.256 e. The van der Waals surface area contributed by atoms with Gasteiger partial charge in [0.1, 0.15) is 0 Å². The van der Waals surface area contributed by atoms with Gasteiger partial charge in [-0.05, 0) is 58.2 Å². The van der Waals surface area contributed by atoms with Crippen molar-refractivity contribution in [3.8, 4) is 0 Å². The number of hydrogen-bond donors (Lipinski definition) is 1. The number of nitrogens with zero attached hydrogens (tertiary/aromatic N) is 1. The topological polar surface area (TPSA) is 32.3 Å². The van der Waals surface area contributed by atoms with Gasteiger partial charge in [-0.15, -0.1) is 0 Å². The van der Waals surface area contributed by atoms with Crippen molar-refractivity contribution < 1.29 is 4.79 Å². The fourth-order valence-electron chi connectivity index (χ4n) is 2.81. The second-order valence-electron chi connectivity index (χ2n) is 5.95. The molecular formula is C16H24N2O. The van der Waals surface area contributed by atoms with Crippen molar-refractivity contribution in [1.29, 1.82) is 0 Å². The van der Waals surface area contributed by atoms with Crippen molar-refractivity contribution >= 4 is 11.6 Å². The Hall–Kier alpha value is -1.51. The van der Waals surface area contributed by atoms with Crippen LogP contribution in [0.4, 0.5) is 5.69 Å². The molecule has 0 radical (unpaired) electrons. The lowest BCUT2D eigenvalue weighted by atomic mass is 10.0. The fourth-order valence-corrected chi connectivity index (χ4v) is 2.81. The molecule has 0 bridgehead atoms. The third-order valence-corrected chi connectivity index (χ3v) is 3.92. The van der Waals surface area contributed by atoms with Gasteiger partial charge in [0.15, 0.2) is 0 Å². The quantitative estimate of drug-likeness (QED) is 0.903. The molecule has 1 heterocycles. The zero-order valence-corrected chi connectivity index (χ0v) is 12.4. The van der Waals surface area contributed by atoms with E-state index in [1.165, 1.54) is 5.56 Å². The van der Waals surface area contributed by atoms with Crippen molar-refractivity contribution in [2.24, 2.45) is 0 Å². The molecule has 1 N–H and O–H groups in total. The first kappa shape index (κ1) is 13.9. The number of carbonyl (C=O) groups is 1. The Bertz CT molecular complexity index is 480. The van der Waals surface area contributed by atoms with Crippen LogP contribution in [0.25, 0.3) is 0 Å². The first-order chi connectivity index (χ1) is 8.95. The zero-order valence-electron chi connectivity index (χ0n) is 12.4. The van der Waals surface area contributed by atoms with Crippen LogP contribution < -0.4 is 5.32 Å². The average molecular weight is 260 g/mol. The lowest BCUT2D eigenvalue weighted by molar-refractivity contribution is 0.0653. The first-order valence-corrected chi connectivity index (χ1v) is 7.12. The molecule has 104 valence electrons. The Kier molecular flexibility index (Phi) is 3.83. The number of rotatable bonds is 3. The van der Waals surface area contributed by atoms with E-state index >= 15 is 0 Å². The molecule has 1 aliphatic rings. The van der Waals surface area contributed by atoms with Crippen LogP contribution in [0.5, 0.6) is 0 Å². The summed E-state index contributed by atoms with van der Waals surface area (Å²) in [5, 5.41) is 3.30. The van der Waals surface area contributed by atoms with Crippen LogP contribution in [0.2, 0.25) is 0 Å². The summed E-state index contributed by atoms with van der Waals surface area (Å²) in [4.78, 5) is 14.8. The van der Waals surface area contributed by atoms with Gasteiger partial charge < -0.3 is 10.2 Å². The number of hydrogen-bond acceptors (Lipinski definition) is 2. The minimum absolute atomic E-state index is 0.0224. The van der Waals surface area contributed by atoms with Gasteiger partial charge in [-0.1, -0.05) is 6.07 Å². The second-order valence-corrected chi connectivity index (χ2v) is 5.95. The molecule has 1 aromatic rings. The van der Waals surface area contributed by atoms with Crippen LogP contribution in [0.15, 0.2) is 18.2 Å². The zero-order chi connectivity index (χ0) is 14.0. The minimum atomic E-state index is -0.0224. The van der Waals surface area contributed by atoms with Gasteiger partial charge in [0.25, 0.3) is 5.91 Å². The molecule has 1 aliphatic heterocycles. The summed E-state index contributed by atoms with van der Waals surface area (Å²) >= 11 is 0. The lowest BCUT2D eigenvalue weighted by Crippen LogP contribution is -2.42. The van der Waals surface area contributed by atoms with Gasteiger partial charge in [0.2, 0.25) is 0 Å². The molecule has 1 fully saturated rings. The number of carbonyl (C=O) groups excluding carboxylic acids is 1. The van der Waals surface area contributed by atoms with Crippen LogP contribution in [-0.4, -0.2) is 29.4 Å². The summed E-state index contributed by atoms with van der Waals surface area (Å²) < 4.78 is 0. The molecule has 3 heteroatoms. The van der Waals surface area contributed by atoms with Gasteiger partial charge in [-0.3, -0.25) is 4.79 Å². The van der Waals surface area contributed by atoms with Crippen molar-refractivity contribution in [1.82, 2.24) is 4.90 Å². The number of anilines is 1. The molecule has 0 saturated carbocycles. The van der Waals surface area contributed by atoms with E-state index in [0.29, 0.717) is 0 Å². The summed E-state index contributed by atoms with van der Waals surface area (Å²) in [7, 11) is 0. The first-order valence-electron chi connectivity index (χ1n) is 7.12. The molecule has 1 amide bonds. The lowest BCUT2D eigenvalue weighted by Gasteiger charge is -2.32. The Morgan fingerprint density at radius 2 is 2.16 bits per heavy atom. The summed E-state index contributed by atoms with van der Waals surface area (Å²) in [5.41, 5.74) is 2.90. The highest BCUT2D eigenvalue weighted by Crippen LogP contribution is 2.31. The molecule has 0 unspecified atom stereocenters. The van der Waals surface area contributed by atoms with Crippen LogP contribution in [0.3, 0.4) is 0 Å². The van der Waals surface area contributed by atoms with E-state index in [-0.39, 0.29) is 11.4 Å². The minimum Gasteiger partial charge on any atom is -0.385 e. The number of likely N-dealkylation sites (tertiary alicyclic amines) is 1. The molecule has 1 saturated heterocycles. The third kappa shape index (κ3) is 2.75. The second kappa shape index (κ2) is 5.24. The Labute approximate surface area is 116 Å². The average Bonchev–Trinajstić information content (AvgIpc) is 2.69. The molecular weight excluding hydrogens is 236 g/mol. The normalized spacial score (nSPS) is 17.6. The number of aryl methyl sites for hydroxylation is 1. The van der Waals surface area contributed by atoms with E-state index < -0.39 is 0 Å². The maximum absolute atomic E-state index is 12.8. The summed E-state index contributed by atoms with van der Waals surface area (Å²) in [5.74, 6) is 0.151. The molecule has 3 nitrogen and oxygen atoms in total.